The number of nitrogens with two attached hydrogens (primary N) is 1. The molecule has 7 nitrogen and oxygen atoms in total. The maximum Gasteiger partial charge on any atom is 0.197 e. The number of hydrogen-bond acceptors (Lipinski definition) is 6. The van der Waals surface area contributed by atoms with Gasteiger partial charge in [0.15, 0.2) is 11.0 Å². The first-order valence-corrected chi connectivity index (χ1v) is 7.64. The Kier molecular flexibility index (Phi) is 4.05. The number of amidine groups is 1. The van der Waals surface area contributed by atoms with E-state index in [9.17, 15) is 0 Å². The summed E-state index contributed by atoms with van der Waals surface area (Å²) in [6.07, 6.45) is 6.14. The smallest absolute Gasteiger partial charge is 0.197 e. The molecule has 0 spiro atoms. The van der Waals surface area contributed by atoms with Crippen molar-refractivity contribution < 1.29 is 5.21 Å². The van der Waals surface area contributed by atoms with Gasteiger partial charge in [0.2, 0.25) is 0 Å². The number of pyridine rings is 1. The summed E-state index contributed by atoms with van der Waals surface area (Å²) < 4.78 is 2.14. The molecule has 3 heterocycles. The highest BCUT2D eigenvalue weighted by molar-refractivity contribution is 7.99. The van der Waals surface area contributed by atoms with Crippen molar-refractivity contribution in [1.82, 2.24) is 19.7 Å². The van der Waals surface area contributed by atoms with Gasteiger partial charge in [0.05, 0.1) is 5.56 Å². The molecule has 1 aliphatic heterocycles. The van der Waals surface area contributed by atoms with E-state index in [0.717, 1.165) is 36.8 Å². The van der Waals surface area contributed by atoms with E-state index in [0.29, 0.717) is 10.6 Å². The predicted octanol–water partition coefficient (Wildman–Crippen LogP) is 1.65. The fourth-order valence-electron chi connectivity index (χ4n) is 2.34. The second kappa shape index (κ2) is 6.13. The maximum absolute atomic E-state index is 8.86. The van der Waals surface area contributed by atoms with Crippen LogP contribution in [0, 0.1) is 0 Å². The molecule has 110 valence electrons. The molecule has 2 aromatic rings. The topological polar surface area (TPSA) is 102 Å². The van der Waals surface area contributed by atoms with E-state index in [-0.39, 0.29) is 5.84 Å². The number of rotatable bonds is 3. The molecule has 2 aromatic heterocycles. The predicted molar refractivity (Wildman–Crippen MR) is 78.4 cm³/mol. The van der Waals surface area contributed by atoms with Crippen molar-refractivity contribution in [3.63, 3.8) is 0 Å². The van der Waals surface area contributed by atoms with E-state index < -0.39 is 0 Å². The summed E-state index contributed by atoms with van der Waals surface area (Å²) in [4.78, 5) is 4.30. The largest absolute Gasteiger partial charge is 0.409 e. The van der Waals surface area contributed by atoms with Gasteiger partial charge in [-0.1, -0.05) is 11.6 Å². The maximum atomic E-state index is 8.86. The molecular weight excluding hydrogens is 288 g/mol. The molecule has 3 rings (SSSR count). The number of aryl methyl sites for hydroxylation is 1. The Morgan fingerprint density at radius 1 is 1.33 bits per heavy atom. The minimum atomic E-state index is 0.0428. The molecule has 8 heteroatoms. The lowest BCUT2D eigenvalue weighted by atomic mass is 10.2. The summed E-state index contributed by atoms with van der Waals surface area (Å²) in [6.45, 7) is 0.927. The lowest BCUT2D eigenvalue weighted by Crippen LogP contribution is -2.15. The van der Waals surface area contributed by atoms with Crippen LogP contribution in [0.3, 0.4) is 0 Å². The Morgan fingerprint density at radius 3 is 3.10 bits per heavy atom. The Balaban J connectivity index is 1.93. The van der Waals surface area contributed by atoms with Gasteiger partial charge in [0.1, 0.15) is 10.9 Å². The van der Waals surface area contributed by atoms with Gasteiger partial charge >= 0.3 is 0 Å². The van der Waals surface area contributed by atoms with Crippen LogP contribution in [0.15, 0.2) is 33.7 Å². The van der Waals surface area contributed by atoms with Gasteiger partial charge in [-0.25, -0.2) is 4.98 Å². The van der Waals surface area contributed by atoms with Crippen molar-refractivity contribution in [2.45, 2.75) is 42.4 Å². The lowest BCUT2D eigenvalue weighted by Gasteiger charge is -2.08. The van der Waals surface area contributed by atoms with Crippen molar-refractivity contribution in [3.05, 3.63) is 29.7 Å². The molecule has 0 aromatic carbocycles. The van der Waals surface area contributed by atoms with E-state index in [1.54, 1.807) is 18.3 Å². The Hall–Kier alpha value is -2.09. The fourth-order valence-corrected chi connectivity index (χ4v) is 3.30. The van der Waals surface area contributed by atoms with E-state index >= 15 is 0 Å². The SMILES string of the molecule is N/C(=N\O)c1cccnc1Sc1nnc2n1CCCCC2. The van der Waals surface area contributed by atoms with Crippen LogP contribution >= 0.6 is 11.8 Å². The molecule has 1 aliphatic rings. The Morgan fingerprint density at radius 2 is 2.24 bits per heavy atom. The molecule has 0 saturated heterocycles. The van der Waals surface area contributed by atoms with Crippen LogP contribution in [-0.2, 0) is 13.0 Å². The molecule has 0 atom stereocenters. The number of hydrogen-bond donors (Lipinski definition) is 2. The van der Waals surface area contributed by atoms with Crippen LogP contribution in [0.4, 0.5) is 0 Å². The normalized spacial score (nSPS) is 15.5. The zero-order valence-electron chi connectivity index (χ0n) is 11.4. The highest BCUT2D eigenvalue weighted by atomic mass is 32.2. The molecule has 0 amide bonds. The number of aromatic nitrogens is 4. The molecule has 3 N–H and O–H groups in total. The number of fused-ring (bicyclic) bond motifs is 1. The monoisotopic (exact) mass is 304 g/mol. The third-order valence-corrected chi connectivity index (χ3v) is 4.42. The van der Waals surface area contributed by atoms with E-state index in [1.807, 2.05) is 0 Å². The molecule has 0 unspecified atom stereocenters. The van der Waals surface area contributed by atoms with Crippen molar-refractivity contribution in [2.75, 3.05) is 0 Å². The fraction of sp³-hybridized carbons (Fsp3) is 0.385. The van der Waals surface area contributed by atoms with Gasteiger partial charge in [-0.05, 0) is 36.7 Å². The first-order chi connectivity index (χ1) is 10.3. The van der Waals surface area contributed by atoms with E-state index in [1.165, 1.54) is 18.2 Å². The zero-order chi connectivity index (χ0) is 14.7. The average Bonchev–Trinajstić information content (AvgIpc) is 2.74. The van der Waals surface area contributed by atoms with Crippen LogP contribution in [-0.4, -0.2) is 30.8 Å². The van der Waals surface area contributed by atoms with E-state index in [4.69, 9.17) is 10.9 Å². The van der Waals surface area contributed by atoms with Crippen molar-refractivity contribution in [2.24, 2.45) is 10.9 Å². The first kappa shape index (κ1) is 13.9. The Bertz CT molecular complexity index is 668. The van der Waals surface area contributed by atoms with Gasteiger partial charge in [0.25, 0.3) is 0 Å². The summed E-state index contributed by atoms with van der Waals surface area (Å²) in [5.74, 6) is 1.07. The summed E-state index contributed by atoms with van der Waals surface area (Å²) >= 11 is 1.39. The summed E-state index contributed by atoms with van der Waals surface area (Å²) in [6, 6.07) is 3.52. The van der Waals surface area contributed by atoms with Crippen LogP contribution in [0.5, 0.6) is 0 Å². The highest BCUT2D eigenvalue weighted by Crippen LogP contribution is 2.29. The first-order valence-electron chi connectivity index (χ1n) is 6.82. The van der Waals surface area contributed by atoms with Crippen LogP contribution < -0.4 is 5.73 Å². The second-order valence-electron chi connectivity index (χ2n) is 4.80. The minimum Gasteiger partial charge on any atom is -0.409 e. The molecule has 0 fully saturated rings. The minimum absolute atomic E-state index is 0.0428. The summed E-state index contributed by atoms with van der Waals surface area (Å²) in [5.41, 5.74) is 6.28. The number of nitrogens with zero attached hydrogens (tertiary/aromatic N) is 5. The van der Waals surface area contributed by atoms with Gasteiger partial charge in [0, 0.05) is 19.2 Å². The van der Waals surface area contributed by atoms with Gasteiger partial charge in [-0.15, -0.1) is 10.2 Å². The molecule has 0 bridgehead atoms. The number of oxime groups is 1. The van der Waals surface area contributed by atoms with Crippen molar-refractivity contribution in [1.29, 1.82) is 0 Å². The highest BCUT2D eigenvalue weighted by Gasteiger charge is 2.18. The molecule has 21 heavy (non-hydrogen) atoms. The van der Waals surface area contributed by atoms with Gasteiger partial charge in [-0.2, -0.15) is 0 Å². The van der Waals surface area contributed by atoms with E-state index in [2.05, 4.69) is 24.9 Å². The van der Waals surface area contributed by atoms with Crippen molar-refractivity contribution in [3.8, 4) is 0 Å². The molecular formula is C13H16N6OS. The zero-order valence-corrected chi connectivity index (χ0v) is 12.3. The van der Waals surface area contributed by atoms with Crippen LogP contribution in [0.25, 0.3) is 0 Å². The summed E-state index contributed by atoms with van der Waals surface area (Å²) in [5, 5.41) is 21.9. The summed E-state index contributed by atoms with van der Waals surface area (Å²) in [7, 11) is 0. The average molecular weight is 304 g/mol. The third-order valence-electron chi connectivity index (χ3n) is 3.42. The lowest BCUT2D eigenvalue weighted by molar-refractivity contribution is 0.318. The van der Waals surface area contributed by atoms with Crippen LogP contribution in [0.1, 0.15) is 30.7 Å². The Labute approximate surface area is 126 Å². The standard InChI is InChI=1S/C13H16N6OS/c14-11(18-20)9-5-4-7-15-12(9)21-13-17-16-10-6-2-1-3-8-19(10)13/h4-5,7,20H,1-3,6,8H2,(H2,14,18). The van der Waals surface area contributed by atoms with Gasteiger partial charge in [-0.3, -0.25) is 0 Å². The van der Waals surface area contributed by atoms with Crippen molar-refractivity contribution >= 4 is 17.6 Å². The molecule has 0 saturated carbocycles. The van der Waals surface area contributed by atoms with Gasteiger partial charge < -0.3 is 15.5 Å². The second-order valence-corrected chi connectivity index (χ2v) is 5.76. The quantitative estimate of drug-likeness (QED) is 0.387. The molecule has 0 radical (unpaired) electrons. The third kappa shape index (κ3) is 2.85. The molecule has 0 aliphatic carbocycles. The van der Waals surface area contributed by atoms with Crippen LogP contribution in [0.2, 0.25) is 0 Å².